The summed E-state index contributed by atoms with van der Waals surface area (Å²) < 4.78 is 4.96. The molecular weight excluding hydrogens is 336 g/mol. The predicted molar refractivity (Wildman–Crippen MR) is 106 cm³/mol. The lowest BCUT2D eigenvalue weighted by atomic mass is 9.53. The number of hydrogen-bond donors (Lipinski definition) is 0. The first kappa shape index (κ1) is 18.4. The van der Waals surface area contributed by atoms with Gasteiger partial charge in [-0.25, -0.2) is 0 Å². The van der Waals surface area contributed by atoms with Gasteiger partial charge in [0.1, 0.15) is 0 Å². The van der Waals surface area contributed by atoms with E-state index in [1.807, 2.05) is 0 Å². The van der Waals surface area contributed by atoms with Crippen molar-refractivity contribution in [3.05, 3.63) is 0 Å². The minimum atomic E-state index is -0.0260. The molecule has 4 nitrogen and oxygen atoms in total. The molecule has 2 heterocycles. The van der Waals surface area contributed by atoms with Crippen molar-refractivity contribution in [2.45, 2.75) is 76.3 Å². The summed E-state index contributed by atoms with van der Waals surface area (Å²) in [4.78, 5) is 17.5. The summed E-state index contributed by atoms with van der Waals surface area (Å²) in [5, 5.41) is 0. The number of carbonyl (C=O) groups excluding carboxylic acids is 1. The minimum absolute atomic E-state index is 0.0260. The van der Waals surface area contributed by atoms with E-state index in [2.05, 4.69) is 9.80 Å². The monoisotopic (exact) mass is 374 g/mol. The highest BCUT2D eigenvalue weighted by Gasteiger charge is 2.51. The number of hydrogen-bond acceptors (Lipinski definition) is 4. The van der Waals surface area contributed by atoms with Crippen molar-refractivity contribution in [3.63, 3.8) is 0 Å². The lowest BCUT2D eigenvalue weighted by Gasteiger charge is -2.59. The van der Waals surface area contributed by atoms with Gasteiger partial charge in [-0.1, -0.05) is 0 Å². The molecule has 6 rings (SSSR count). The average Bonchev–Trinajstić information content (AvgIpc) is 3.20. The molecule has 2 aliphatic heterocycles. The van der Waals surface area contributed by atoms with E-state index >= 15 is 0 Å². The Morgan fingerprint density at radius 3 is 2.22 bits per heavy atom. The lowest BCUT2D eigenvalue weighted by Crippen LogP contribution is -2.60. The zero-order valence-corrected chi connectivity index (χ0v) is 17.2. The Kier molecular flexibility index (Phi) is 5.23. The van der Waals surface area contributed by atoms with E-state index < -0.39 is 0 Å². The molecule has 6 fully saturated rings. The van der Waals surface area contributed by atoms with Crippen molar-refractivity contribution >= 4 is 5.97 Å². The third-order valence-electron chi connectivity index (χ3n) is 8.88. The Bertz CT molecular complexity index is 516. The zero-order valence-electron chi connectivity index (χ0n) is 17.2. The van der Waals surface area contributed by atoms with Crippen LogP contribution in [-0.2, 0) is 9.53 Å². The Balaban J connectivity index is 1.28. The number of ether oxygens (including phenoxy) is 1. The molecule has 4 bridgehead atoms. The summed E-state index contributed by atoms with van der Waals surface area (Å²) in [5.41, 5.74) is 0. The number of carbonyl (C=O) groups is 1. The van der Waals surface area contributed by atoms with Crippen LogP contribution in [0.25, 0.3) is 0 Å². The van der Waals surface area contributed by atoms with E-state index in [1.165, 1.54) is 78.2 Å². The standard InChI is InChI=1S/C23H38N2O2/c1-27-22(26)5-4-18-15-25(9-6-21(18)24-7-2-3-8-24)23-19-11-16-10-17(13-19)14-20(23)12-16/h16-21,23H,2-15H2,1H3/t16?,17?,18-,19?,20?,21+,23?/m0/s1. The molecule has 0 spiro atoms. The molecule has 0 N–H and O–H groups in total. The van der Waals surface area contributed by atoms with Crippen molar-refractivity contribution in [3.8, 4) is 0 Å². The number of likely N-dealkylation sites (tertiary alicyclic amines) is 2. The highest BCUT2D eigenvalue weighted by molar-refractivity contribution is 5.69. The van der Waals surface area contributed by atoms with Gasteiger partial charge in [0.15, 0.2) is 0 Å². The molecule has 2 atom stereocenters. The Morgan fingerprint density at radius 2 is 1.59 bits per heavy atom. The van der Waals surface area contributed by atoms with E-state index in [0.29, 0.717) is 18.4 Å². The van der Waals surface area contributed by atoms with Gasteiger partial charge in [0.25, 0.3) is 0 Å². The van der Waals surface area contributed by atoms with E-state index in [1.54, 1.807) is 6.42 Å². The van der Waals surface area contributed by atoms with Crippen molar-refractivity contribution in [2.75, 3.05) is 33.3 Å². The number of esters is 1. The van der Waals surface area contributed by atoms with E-state index in [0.717, 1.165) is 36.1 Å². The first-order valence-electron chi connectivity index (χ1n) is 11.8. The van der Waals surface area contributed by atoms with Gasteiger partial charge in [-0.3, -0.25) is 9.69 Å². The second kappa shape index (κ2) is 7.67. The summed E-state index contributed by atoms with van der Waals surface area (Å²) in [7, 11) is 1.53. The summed E-state index contributed by atoms with van der Waals surface area (Å²) in [6, 6.07) is 1.56. The van der Waals surface area contributed by atoms with Gasteiger partial charge in [0.05, 0.1) is 7.11 Å². The van der Waals surface area contributed by atoms with Crippen LogP contribution in [0.1, 0.15) is 64.2 Å². The van der Waals surface area contributed by atoms with E-state index in [-0.39, 0.29) is 5.97 Å². The molecule has 0 aromatic carbocycles. The number of nitrogens with zero attached hydrogens (tertiary/aromatic N) is 2. The second-order valence-electron chi connectivity index (χ2n) is 10.4. The maximum atomic E-state index is 11.8. The van der Waals surface area contributed by atoms with Gasteiger partial charge in [-0.05, 0) is 107 Å². The first-order valence-corrected chi connectivity index (χ1v) is 11.8. The van der Waals surface area contributed by atoms with Crippen molar-refractivity contribution in [2.24, 2.45) is 29.6 Å². The van der Waals surface area contributed by atoms with E-state index in [4.69, 9.17) is 4.74 Å². The first-order chi connectivity index (χ1) is 13.2. The lowest BCUT2D eigenvalue weighted by molar-refractivity contribution is -0.141. The van der Waals surface area contributed by atoms with Crippen LogP contribution in [0.3, 0.4) is 0 Å². The normalized spacial score (nSPS) is 44.7. The third-order valence-corrected chi connectivity index (χ3v) is 8.88. The summed E-state index contributed by atoms with van der Waals surface area (Å²) >= 11 is 0. The molecule has 2 saturated heterocycles. The summed E-state index contributed by atoms with van der Waals surface area (Å²) in [6.45, 7) is 5.07. The molecule has 152 valence electrons. The molecule has 0 unspecified atom stereocenters. The number of methoxy groups -OCH3 is 1. The van der Waals surface area contributed by atoms with Gasteiger partial charge >= 0.3 is 5.97 Å². The van der Waals surface area contributed by atoms with Gasteiger partial charge in [0.2, 0.25) is 0 Å². The summed E-state index contributed by atoms with van der Waals surface area (Å²) in [6.07, 6.45) is 13.2. The smallest absolute Gasteiger partial charge is 0.305 e. The zero-order chi connectivity index (χ0) is 18.4. The number of rotatable bonds is 5. The molecule has 4 saturated carbocycles. The van der Waals surface area contributed by atoms with Gasteiger partial charge in [-0.2, -0.15) is 0 Å². The molecule has 4 aliphatic carbocycles. The van der Waals surface area contributed by atoms with Crippen LogP contribution in [0, 0.1) is 29.6 Å². The van der Waals surface area contributed by atoms with Crippen LogP contribution in [0.2, 0.25) is 0 Å². The van der Waals surface area contributed by atoms with Gasteiger partial charge in [-0.15, -0.1) is 0 Å². The van der Waals surface area contributed by atoms with Crippen LogP contribution in [0.15, 0.2) is 0 Å². The van der Waals surface area contributed by atoms with Crippen LogP contribution < -0.4 is 0 Å². The molecule has 0 aromatic rings. The fraction of sp³-hybridized carbons (Fsp3) is 0.957. The highest BCUT2D eigenvalue weighted by Crippen LogP contribution is 2.55. The quantitative estimate of drug-likeness (QED) is 0.689. The fourth-order valence-corrected chi connectivity index (χ4v) is 8.05. The van der Waals surface area contributed by atoms with Gasteiger partial charge < -0.3 is 9.64 Å². The van der Waals surface area contributed by atoms with Crippen LogP contribution in [-0.4, -0.2) is 61.1 Å². The van der Waals surface area contributed by atoms with Crippen molar-refractivity contribution in [1.82, 2.24) is 9.80 Å². The Labute approximate surface area is 165 Å². The Hall–Kier alpha value is -0.610. The van der Waals surface area contributed by atoms with Crippen molar-refractivity contribution < 1.29 is 9.53 Å². The molecule has 0 aromatic heterocycles. The highest BCUT2D eigenvalue weighted by atomic mass is 16.5. The van der Waals surface area contributed by atoms with Crippen LogP contribution >= 0.6 is 0 Å². The topological polar surface area (TPSA) is 32.8 Å². The second-order valence-corrected chi connectivity index (χ2v) is 10.4. The molecule has 27 heavy (non-hydrogen) atoms. The molecule has 4 heteroatoms. The van der Waals surface area contributed by atoms with Crippen molar-refractivity contribution in [1.29, 1.82) is 0 Å². The van der Waals surface area contributed by atoms with Crippen LogP contribution in [0.5, 0.6) is 0 Å². The molecule has 6 aliphatic rings. The maximum Gasteiger partial charge on any atom is 0.305 e. The minimum Gasteiger partial charge on any atom is -0.469 e. The van der Waals surface area contributed by atoms with Crippen LogP contribution in [0.4, 0.5) is 0 Å². The average molecular weight is 375 g/mol. The molecule has 0 radical (unpaired) electrons. The van der Waals surface area contributed by atoms with Gasteiger partial charge in [0, 0.05) is 25.0 Å². The molecular formula is C23H38N2O2. The number of piperidine rings is 1. The Morgan fingerprint density at radius 1 is 0.926 bits per heavy atom. The third kappa shape index (κ3) is 3.57. The summed E-state index contributed by atoms with van der Waals surface area (Å²) in [5.74, 6) is 4.69. The SMILES string of the molecule is COC(=O)CC[C@H]1CN(C2C3CC4CC(C3)CC2C4)CC[C@H]1N1CCCC1. The van der Waals surface area contributed by atoms with E-state index in [9.17, 15) is 4.79 Å². The maximum absolute atomic E-state index is 11.8. The molecule has 0 amide bonds. The predicted octanol–water partition coefficient (Wildman–Crippen LogP) is 3.55. The fourth-order valence-electron chi connectivity index (χ4n) is 8.05. The largest absolute Gasteiger partial charge is 0.469 e.